The zero-order valence-corrected chi connectivity index (χ0v) is 13.4. The van der Waals surface area contributed by atoms with Gasteiger partial charge in [0, 0.05) is 5.54 Å². The van der Waals surface area contributed by atoms with E-state index in [9.17, 15) is 0 Å². The van der Waals surface area contributed by atoms with E-state index in [2.05, 4.69) is 64.2 Å². The van der Waals surface area contributed by atoms with Gasteiger partial charge in [0.1, 0.15) is 0 Å². The van der Waals surface area contributed by atoms with E-state index in [4.69, 9.17) is 0 Å². The lowest BCUT2D eigenvalue weighted by atomic mass is 9.92. The second kappa shape index (κ2) is 7.69. The van der Waals surface area contributed by atoms with Crippen LogP contribution in [0.5, 0.6) is 0 Å². The van der Waals surface area contributed by atoms with Gasteiger partial charge in [0.2, 0.25) is 0 Å². The molecule has 0 saturated carbocycles. The molecule has 1 atom stereocenters. The molecule has 0 fully saturated rings. The minimum Gasteiger partial charge on any atom is -0.312 e. The molecular formula is C18H31N. The van der Waals surface area contributed by atoms with Crippen LogP contribution in [0.1, 0.15) is 58.1 Å². The first-order chi connectivity index (χ1) is 8.90. The fraction of sp³-hybridized carbons (Fsp3) is 0.667. The van der Waals surface area contributed by atoms with E-state index in [1.807, 2.05) is 0 Å². The highest BCUT2D eigenvalue weighted by Gasteiger charge is 2.14. The maximum absolute atomic E-state index is 3.67. The number of hydrogen-bond acceptors (Lipinski definition) is 1. The number of benzene rings is 1. The number of unbranched alkanes of at least 4 members (excludes halogenated alkanes) is 1. The highest BCUT2D eigenvalue weighted by molar-refractivity contribution is 5.22. The zero-order chi connectivity index (χ0) is 14.3. The summed E-state index contributed by atoms with van der Waals surface area (Å²) < 4.78 is 0. The van der Waals surface area contributed by atoms with Crippen LogP contribution in [0.4, 0.5) is 0 Å². The summed E-state index contributed by atoms with van der Waals surface area (Å²) in [5.41, 5.74) is 3.07. The first-order valence-corrected chi connectivity index (χ1v) is 7.71. The van der Waals surface area contributed by atoms with E-state index >= 15 is 0 Å². The van der Waals surface area contributed by atoms with E-state index < -0.39 is 0 Å². The smallest absolute Gasteiger partial charge is 0.00966 e. The first kappa shape index (κ1) is 16.2. The normalized spacial score (nSPS) is 13.5. The van der Waals surface area contributed by atoms with Gasteiger partial charge in [0.05, 0.1) is 0 Å². The van der Waals surface area contributed by atoms with E-state index in [0.717, 1.165) is 12.5 Å². The molecule has 0 aliphatic rings. The van der Waals surface area contributed by atoms with Crippen LogP contribution in [0.25, 0.3) is 0 Å². The Hall–Kier alpha value is -0.820. The van der Waals surface area contributed by atoms with Gasteiger partial charge < -0.3 is 5.32 Å². The van der Waals surface area contributed by atoms with Crippen molar-refractivity contribution >= 4 is 0 Å². The molecule has 0 heterocycles. The van der Waals surface area contributed by atoms with Gasteiger partial charge >= 0.3 is 0 Å². The summed E-state index contributed by atoms with van der Waals surface area (Å²) in [6, 6.07) is 8.95. The van der Waals surface area contributed by atoms with Crippen molar-refractivity contribution in [3.05, 3.63) is 35.4 Å². The highest BCUT2D eigenvalue weighted by Crippen LogP contribution is 2.17. The van der Waals surface area contributed by atoms with Crippen molar-refractivity contribution in [2.45, 2.75) is 65.8 Å². The van der Waals surface area contributed by atoms with Gasteiger partial charge in [-0.3, -0.25) is 0 Å². The molecule has 1 nitrogen and oxygen atoms in total. The fourth-order valence-corrected chi connectivity index (χ4v) is 2.39. The molecule has 0 aliphatic carbocycles. The minimum atomic E-state index is 0.219. The molecule has 0 radical (unpaired) electrons. The Kier molecular flexibility index (Phi) is 6.57. The topological polar surface area (TPSA) is 12.0 Å². The standard InChI is InChI=1S/C18H31N/c1-6-7-10-17(14-19-18(3,4)5)13-16-11-8-9-15(2)12-16/h8-9,11-12,17,19H,6-7,10,13-14H2,1-5H3. The van der Waals surface area contributed by atoms with Gasteiger partial charge in [0.25, 0.3) is 0 Å². The third-order valence-corrected chi connectivity index (χ3v) is 3.49. The van der Waals surface area contributed by atoms with E-state index in [0.29, 0.717) is 0 Å². The van der Waals surface area contributed by atoms with Crippen molar-refractivity contribution in [1.82, 2.24) is 5.32 Å². The maximum atomic E-state index is 3.67. The van der Waals surface area contributed by atoms with Gasteiger partial charge in [-0.05, 0) is 58.6 Å². The Morgan fingerprint density at radius 2 is 1.95 bits per heavy atom. The summed E-state index contributed by atoms with van der Waals surface area (Å²) in [6.07, 6.45) is 5.15. The molecule has 0 bridgehead atoms. The van der Waals surface area contributed by atoms with Crippen LogP contribution >= 0.6 is 0 Å². The average Bonchev–Trinajstić information content (AvgIpc) is 2.31. The van der Waals surface area contributed by atoms with Gasteiger partial charge in [-0.1, -0.05) is 49.6 Å². The Morgan fingerprint density at radius 3 is 2.53 bits per heavy atom. The van der Waals surface area contributed by atoms with Crippen molar-refractivity contribution in [3.8, 4) is 0 Å². The second-order valence-electron chi connectivity index (χ2n) is 6.83. The van der Waals surface area contributed by atoms with Gasteiger partial charge in [-0.15, -0.1) is 0 Å². The summed E-state index contributed by atoms with van der Waals surface area (Å²) in [7, 11) is 0. The fourth-order valence-electron chi connectivity index (χ4n) is 2.39. The molecule has 1 rings (SSSR count). The molecule has 0 aliphatic heterocycles. The molecule has 19 heavy (non-hydrogen) atoms. The Morgan fingerprint density at radius 1 is 1.21 bits per heavy atom. The monoisotopic (exact) mass is 261 g/mol. The SMILES string of the molecule is CCCCC(CNC(C)(C)C)Cc1cccc(C)c1. The molecule has 1 unspecified atom stereocenters. The third-order valence-electron chi connectivity index (χ3n) is 3.49. The summed E-state index contributed by atoms with van der Waals surface area (Å²) in [5, 5.41) is 3.67. The molecule has 108 valence electrons. The number of aryl methyl sites for hydroxylation is 1. The molecule has 0 aromatic heterocycles. The largest absolute Gasteiger partial charge is 0.312 e. The lowest BCUT2D eigenvalue weighted by molar-refractivity contribution is 0.351. The Bertz CT molecular complexity index is 362. The highest BCUT2D eigenvalue weighted by atomic mass is 14.9. The lowest BCUT2D eigenvalue weighted by Gasteiger charge is -2.25. The quantitative estimate of drug-likeness (QED) is 0.748. The zero-order valence-electron chi connectivity index (χ0n) is 13.4. The summed E-state index contributed by atoms with van der Waals surface area (Å²) in [6.45, 7) is 12.3. The van der Waals surface area contributed by atoms with Crippen LogP contribution in [-0.4, -0.2) is 12.1 Å². The second-order valence-corrected chi connectivity index (χ2v) is 6.83. The average molecular weight is 261 g/mol. The molecule has 0 saturated heterocycles. The predicted octanol–water partition coefficient (Wildman–Crippen LogP) is 4.73. The number of rotatable bonds is 7. The van der Waals surface area contributed by atoms with Crippen molar-refractivity contribution < 1.29 is 0 Å². The van der Waals surface area contributed by atoms with Crippen LogP contribution < -0.4 is 5.32 Å². The lowest BCUT2D eigenvalue weighted by Crippen LogP contribution is -2.39. The predicted molar refractivity (Wildman–Crippen MR) is 85.7 cm³/mol. The van der Waals surface area contributed by atoms with Crippen molar-refractivity contribution in [2.75, 3.05) is 6.54 Å². The van der Waals surface area contributed by atoms with E-state index in [-0.39, 0.29) is 5.54 Å². The molecule has 0 amide bonds. The molecule has 1 aromatic carbocycles. The van der Waals surface area contributed by atoms with E-state index in [1.165, 1.54) is 36.8 Å². The third kappa shape index (κ3) is 7.37. The maximum Gasteiger partial charge on any atom is 0.00966 e. The number of nitrogens with one attached hydrogen (secondary N) is 1. The van der Waals surface area contributed by atoms with Gasteiger partial charge in [-0.25, -0.2) is 0 Å². The minimum absolute atomic E-state index is 0.219. The van der Waals surface area contributed by atoms with Crippen molar-refractivity contribution in [3.63, 3.8) is 0 Å². The van der Waals surface area contributed by atoms with Crippen LogP contribution in [0.3, 0.4) is 0 Å². The molecular weight excluding hydrogens is 230 g/mol. The van der Waals surface area contributed by atoms with E-state index in [1.54, 1.807) is 0 Å². The van der Waals surface area contributed by atoms with Crippen LogP contribution in [-0.2, 0) is 6.42 Å². The summed E-state index contributed by atoms with van der Waals surface area (Å²) in [4.78, 5) is 0. The Labute approximate surface area is 119 Å². The van der Waals surface area contributed by atoms with Crippen LogP contribution in [0, 0.1) is 12.8 Å². The summed E-state index contributed by atoms with van der Waals surface area (Å²) >= 11 is 0. The molecule has 1 N–H and O–H groups in total. The number of hydrogen-bond donors (Lipinski definition) is 1. The Balaban J connectivity index is 2.58. The van der Waals surface area contributed by atoms with Crippen molar-refractivity contribution in [1.29, 1.82) is 0 Å². The summed E-state index contributed by atoms with van der Waals surface area (Å²) in [5.74, 6) is 0.751. The van der Waals surface area contributed by atoms with Crippen molar-refractivity contribution in [2.24, 2.45) is 5.92 Å². The molecule has 0 spiro atoms. The first-order valence-electron chi connectivity index (χ1n) is 7.71. The molecule has 1 heteroatoms. The van der Waals surface area contributed by atoms with Crippen LogP contribution in [0.15, 0.2) is 24.3 Å². The van der Waals surface area contributed by atoms with Gasteiger partial charge in [-0.2, -0.15) is 0 Å². The van der Waals surface area contributed by atoms with Gasteiger partial charge in [0.15, 0.2) is 0 Å². The molecule has 1 aromatic rings. The van der Waals surface area contributed by atoms with Crippen LogP contribution in [0.2, 0.25) is 0 Å².